The van der Waals surface area contributed by atoms with Gasteiger partial charge in [-0.05, 0) is 38.5 Å². The van der Waals surface area contributed by atoms with Crippen LogP contribution in [0.3, 0.4) is 0 Å². The first kappa shape index (κ1) is 16.7. The van der Waals surface area contributed by atoms with Gasteiger partial charge < -0.3 is 15.4 Å². The molecule has 122 valence electrons. The normalized spacial score (nSPS) is 10.9. The first-order chi connectivity index (χ1) is 10.9. The van der Waals surface area contributed by atoms with E-state index in [0.29, 0.717) is 13.1 Å². The number of rotatable bonds is 5. The summed E-state index contributed by atoms with van der Waals surface area (Å²) in [6, 6.07) is 7.83. The highest BCUT2D eigenvalue weighted by Crippen LogP contribution is 2.12. The second-order valence-corrected chi connectivity index (χ2v) is 6.11. The Morgan fingerprint density at radius 2 is 2.04 bits per heavy atom. The van der Waals surface area contributed by atoms with E-state index in [1.807, 2.05) is 45.0 Å². The largest absolute Gasteiger partial charge is 0.444 e. The number of nitrogens with one attached hydrogen (secondary N) is 2. The molecule has 2 N–H and O–H groups in total. The Labute approximate surface area is 136 Å². The fraction of sp³-hybridized carbons (Fsp3) is 0.353. The summed E-state index contributed by atoms with van der Waals surface area (Å²) in [4.78, 5) is 19.9. The van der Waals surface area contributed by atoms with E-state index >= 15 is 0 Å². The number of amides is 1. The maximum Gasteiger partial charge on any atom is 0.407 e. The third-order valence-electron chi connectivity index (χ3n) is 2.85. The van der Waals surface area contributed by atoms with Gasteiger partial charge in [0, 0.05) is 24.6 Å². The average molecular weight is 314 g/mol. The molecule has 1 aromatic heterocycles. The topological polar surface area (TPSA) is 76.1 Å². The lowest BCUT2D eigenvalue weighted by atomic mass is 10.2. The molecule has 1 heterocycles. The number of hydrogen-bond acceptors (Lipinski definition) is 5. The van der Waals surface area contributed by atoms with E-state index in [2.05, 4.69) is 20.6 Å². The zero-order chi connectivity index (χ0) is 16.7. The summed E-state index contributed by atoms with van der Waals surface area (Å²) in [6.07, 6.45) is 4.61. The predicted octanol–water partition coefficient (Wildman–Crippen LogP) is 3.11. The standard InChI is InChI=1S/C17H22N4O2/c1-17(2,3)23-16(22)21-10-13-5-4-6-14(9-13)20-12-15-11-18-7-8-19-15/h4-9,11,20H,10,12H2,1-3H3,(H,21,22). The molecule has 0 fully saturated rings. The van der Waals surface area contributed by atoms with Crippen molar-refractivity contribution in [3.8, 4) is 0 Å². The molecule has 6 heteroatoms. The van der Waals surface area contributed by atoms with Crippen LogP contribution in [0.25, 0.3) is 0 Å². The van der Waals surface area contributed by atoms with Gasteiger partial charge in [0.1, 0.15) is 5.60 Å². The molecule has 0 bridgehead atoms. The minimum absolute atomic E-state index is 0.412. The Kier molecular flexibility index (Phi) is 5.51. The quantitative estimate of drug-likeness (QED) is 0.887. The molecular weight excluding hydrogens is 292 g/mol. The molecule has 0 saturated carbocycles. The summed E-state index contributed by atoms with van der Waals surface area (Å²) in [5.74, 6) is 0. The molecule has 1 aromatic carbocycles. The zero-order valence-corrected chi connectivity index (χ0v) is 13.7. The van der Waals surface area contributed by atoms with Crippen molar-refractivity contribution < 1.29 is 9.53 Å². The zero-order valence-electron chi connectivity index (χ0n) is 13.7. The van der Waals surface area contributed by atoms with Gasteiger partial charge >= 0.3 is 6.09 Å². The number of nitrogens with zero attached hydrogens (tertiary/aromatic N) is 2. The van der Waals surface area contributed by atoms with Crippen LogP contribution in [0.1, 0.15) is 32.0 Å². The van der Waals surface area contributed by atoms with Gasteiger partial charge in [0.25, 0.3) is 0 Å². The fourth-order valence-corrected chi connectivity index (χ4v) is 1.89. The number of carbonyl (C=O) groups excluding carboxylic acids is 1. The summed E-state index contributed by atoms with van der Waals surface area (Å²) in [7, 11) is 0. The first-order valence-electron chi connectivity index (χ1n) is 7.47. The molecule has 0 radical (unpaired) electrons. The van der Waals surface area contributed by atoms with Gasteiger partial charge in [0.05, 0.1) is 18.4 Å². The Hall–Kier alpha value is -2.63. The molecule has 0 aliphatic carbocycles. The van der Waals surface area contributed by atoms with Gasteiger partial charge in [-0.25, -0.2) is 4.79 Å². The Bertz CT molecular complexity index is 639. The monoisotopic (exact) mass is 314 g/mol. The molecule has 2 rings (SSSR count). The van der Waals surface area contributed by atoms with Crippen molar-refractivity contribution in [3.63, 3.8) is 0 Å². The maximum absolute atomic E-state index is 11.7. The highest BCUT2D eigenvalue weighted by Gasteiger charge is 2.15. The van der Waals surface area contributed by atoms with Crippen LogP contribution < -0.4 is 10.6 Å². The van der Waals surface area contributed by atoms with Crippen LogP contribution in [0.2, 0.25) is 0 Å². The van der Waals surface area contributed by atoms with Crippen molar-refractivity contribution in [2.75, 3.05) is 5.32 Å². The SMILES string of the molecule is CC(C)(C)OC(=O)NCc1cccc(NCc2cnccn2)c1. The molecule has 0 aliphatic rings. The number of anilines is 1. The van der Waals surface area contributed by atoms with Gasteiger partial charge in [-0.15, -0.1) is 0 Å². The van der Waals surface area contributed by atoms with Gasteiger partial charge in [0.2, 0.25) is 0 Å². The Balaban J connectivity index is 1.86. The van der Waals surface area contributed by atoms with Crippen LogP contribution in [-0.2, 0) is 17.8 Å². The number of alkyl carbamates (subject to hydrolysis) is 1. The van der Waals surface area contributed by atoms with E-state index in [1.54, 1.807) is 18.6 Å². The molecule has 0 spiro atoms. The van der Waals surface area contributed by atoms with E-state index in [1.165, 1.54) is 0 Å². The van der Waals surface area contributed by atoms with Gasteiger partial charge in [0.15, 0.2) is 0 Å². The van der Waals surface area contributed by atoms with E-state index in [9.17, 15) is 4.79 Å². The molecule has 0 saturated heterocycles. The summed E-state index contributed by atoms with van der Waals surface area (Å²) in [5, 5.41) is 6.03. The Morgan fingerprint density at radius 1 is 1.22 bits per heavy atom. The van der Waals surface area contributed by atoms with Crippen molar-refractivity contribution in [1.29, 1.82) is 0 Å². The minimum Gasteiger partial charge on any atom is -0.444 e. The van der Waals surface area contributed by atoms with Gasteiger partial charge in [-0.2, -0.15) is 0 Å². The smallest absolute Gasteiger partial charge is 0.407 e. The molecule has 23 heavy (non-hydrogen) atoms. The second-order valence-electron chi connectivity index (χ2n) is 6.11. The average Bonchev–Trinajstić information content (AvgIpc) is 2.51. The summed E-state index contributed by atoms with van der Waals surface area (Å²) < 4.78 is 5.21. The van der Waals surface area contributed by atoms with Gasteiger partial charge in [-0.1, -0.05) is 12.1 Å². The van der Waals surface area contributed by atoms with Crippen molar-refractivity contribution in [3.05, 3.63) is 54.1 Å². The Morgan fingerprint density at radius 3 is 2.74 bits per heavy atom. The van der Waals surface area contributed by atoms with E-state index in [-0.39, 0.29) is 0 Å². The summed E-state index contributed by atoms with van der Waals surface area (Å²) >= 11 is 0. The number of ether oxygens (including phenoxy) is 1. The number of aromatic nitrogens is 2. The van der Waals surface area contributed by atoms with Crippen molar-refractivity contribution >= 4 is 11.8 Å². The lowest BCUT2D eigenvalue weighted by Gasteiger charge is -2.19. The highest BCUT2D eigenvalue weighted by molar-refractivity contribution is 5.67. The molecule has 0 aliphatic heterocycles. The summed E-state index contributed by atoms with van der Waals surface area (Å²) in [6.45, 7) is 6.52. The van der Waals surface area contributed by atoms with Crippen LogP contribution in [0.15, 0.2) is 42.9 Å². The first-order valence-corrected chi connectivity index (χ1v) is 7.47. The van der Waals surface area contributed by atoms with Crippen molar-refractivity contribution in [1.82, 2.24) is 15.3 Å². The van der Waals surface area contributed by atoms with Crippen LogP contribution >= 0.6 is 0 Å². The van der Waals surface area contributed by atoms with Crippen LogP contribution in [-0.4, -0.2) is 21.7 Å². The van der Waals surface area contributed by atoms with Crippen LogP contribution in [0, 0.1) is 0 Å². The lowest BCUT2D eigenvalue weighted by molar-refractivity contribution is 0.0523. The highest BCUT2D eigenvalue weighted by atomic mass is 16.6. The van der Waals surface area contributed by atoms with Crippen LogP contribution in [0.5, 0.6) is 0 Å². The third-order valence-corrected chi connectivity index (χ3v) is 2.85. The molecule has 6 nitrogen and oxygen atoms in total. The maximum atomic E-state index is 11.7. The second kappa shape index (κ2) is 7.58. The minimum atomic E-state index is -0.496. The molecule has 0 unspecified atom stereocenters. The van der Waals surface area contributed by atoms with E-state index in [0.717, 1.165) is 16.9 Å². The van der Waals surface area contributed by atoms with E-state index in [4.69, 9.17) is 4.74 Å². The number of carbonyl (C=O) groups is 1. The number of benzene rings is 1. The van der Waals surface area contributed by atoms with E-state index < -0.39 is 11.7 Å². The van der Waals surface area contributed by atoms with Crippen molar-refractivity contribution in [2.45, 2.75) is 39.5 Å². The molecular formula is C17H22N4O2. The third kappa shape index (κ3) is 6.34. The molecule has 1 amide bonds. The predicted molar refractivity (Wildman–Crippen MR) is 88.9 cm³/mol. The molecule has 0 atom stereocenters. The molecule has 2 aromatic rings. The van der Waals surface area contributed by atoms with Gasteiger partial charge in [-0.3, -0.25) is 9.97 Å². The summed E-state index contributed by atoms with van der Waals surface area (Å²) in [5.41, 5.74) is 2.31. The van der Waals surface area contributed by atoms with Crippen LogP contribution in [0.4, 0.5) is 10.5 Å². The fourth-order valence-electron chi connectivity index (χ4n) is 1.89. The van der Waals surface area contributed by atoms with Crippen molar-refractivity contribution in [2.24, 2.45) is 0 Å². The lowest BCUT2D eigenvalue weighted by Crippen LogP contribution is -2.32. The number of hydrogen-bond donors (Lipinski definition) is 2.